The van der Waals surface area contributed by atoms with Gasteiger partial charge in [-0.3, -0.25) is 9.59 Å². The molecule has 1 saturated carbocycles. The van der Waals surface area contributed by atoms with Crippen LogP contribution in [-0.2, 0) is 12.6 Å². The summed E-state index contributed by atoms with van der Waals surface area (Å²) >= 11 is 0. The molecule has 0 saturated heterocycles. The highest BCUT2D eigenvalue weighted by molar-refractivity contribution is 6.00. The number of hydrogen-bond donors (Lipinski definition) is 3. The molecule has 4 N–H and O–H groups in total. The number of hydrogen-bond acceptors (Lipinski definition) is 7. The maximum Gasteiger partial charge on any atom is 0.435 e. The number of carbonyl (C=O) groups excluding carboxylic acids is 2. The van der Waals surface area contributed by atoms with Gasteiger partial charge in [0.2, 0.25) is 0 Å². The maximum atomic E-state index is 13.7. The Labute approximate surface area is 187 Å². The molecular weight excluding hydrogens is 441 g/mol. The molecule has 2 aliphatic carbocycles. The molecule has 2 aromatic rings. The number of ketones is 1. The van der Waals surface area contributed by atoms with Crippen LogP contribution >= 0.6 is 0 Å². The number of aromatic nitrogens is 4. The fourth-order valence-electron chi connectivity index (χ4n) is 4.51. The van der Waals surface area contributed by atoms with Gasteiger partial charge in [0.05, 0.1) is 23.6 Å². The molecule has 9 nitrogen and oxygen atoms in total. The van der Waals surface area contributed by atoms with E-state index in [1.165, 1.54) is 0 Å². The second-order valence-corrected chi connectivity index (χ2v) is 9.46. The fourth-order valence-corrected chi connectivity index (χ4v) is 4.51. The standard InChI is InChI=1S/C21H25F3N6O3/c1-20(2)7-12-15(13(32)8-20)17(21(22,23)24)29-30(12)14-9-26-16(18(25)33)19(28-14)27-10-3-5-11(31)6-4-10/h9-11,31H,3-8H2,1-2H3,(H2,25,33)(H,27,28). The monoisotopic (exact) mass is 466 g/mol. The minimum atomic E-state index is -4.82. The van der Waals surface area contributed by atoms with Crippen LogP contribution in [0.15, 0.2) is 6.20 Å². The number of anilines is 1. The molecule has 1 fully saturated rings. The molecule has 178 valence electrons. The Morgan fingerprint density at radius 3 is 2.52 bits per heavy atom. The molecule has 2 aliphatic rings. The zero-order valence-electron chi connectivity index (χ0n) is 18.2. The van der Waals surface area contributed by atoms with Gasteiger partial charge in [-0.2, -0.15) is 18.3 Å². The summed E-state index contributed by atoms with van der Waals surface area (Å²) in [5.74, 6) is -1.50. The number of Topliss-reactive ketones (excluding diaryl/α,β-unsaturated/α-hetero) is 1. The van der Waals surface area contributed by atoms with Crippen LogP contribution in [0.1, 0.15) is 78.2 Å². The van der Waals surface area contributed by atoms with Gasteiger partial charge in [-0.15, -0.1) is 0 Å². The second kappa shape index (κ2) is 8.08. The highest BCUT2D eigenvalue weighted by atomic mass is 19.4. The van der Waals surface area contributed by atoms with E-state index in [1.807, 2.05) is 0 Å². The molecule has 0 bridgehead atoms. The lowest BCUT2D eigenvalue weighted by Gasteiger charge is -2.29. The first-order valence-electron chi connectivity index (χ1n) is 10.7. The van der Waals surface area contributed by atoms with E-state index in [0.29, 0.717) is 25.7 Å². The summed E-state index contributed by atoms with van der Waals surface area (Å²) in [5, 5.41) is 16.5. The summed E-state index contributed by atoms with van der Waals surface area (Å²) in [6, 6.07) is -0.117. The Balaban J connectivity index is 1.81. The number of nitrogens with zero attached hydrogens (tertiary/aromatic N) is 4. The Morgan fingerprint density at radius 1 is 1.24 bits per heavy atom. The van der Waals surface area contributed by atoms with Crippen LogP contribution in [-0.4, -0.2) is 48.7 Å². The molecule has 0 aromatic carbocycles. The number of aliphatic hydroxyl groups is 1. The highest BCUT2D eigenvalue weighted by Crippen LogP contribution is 2.41. The number of nitrogens with one attached hydrogen (secondary N) is 1. The van der Waals surface area contributed by atoms with Crippen molar-refractivity contribution in [1.29, 1.82) is 0 Å². The summed E-state index contributed by atoms with van der Waals surface area (Å²) in [5.41, 5.74) is 3.11. The minimum absolute atomic E-state index is 0.0264. The van der Waals surface area contributed by atoms with Crippen molar-refractivity contribution in [3.05, 3.63) is 28.8 Å². The molecule has 0 radical (unpaired) electrons. The van der Waals surface area contributed by atoms with E-state index in [-0.39, 0.29) is 41.9 Å². The quantitative estimate of drug-likeness (QED) is 0.630. The molecule has 2 heterocycles. The average molecular weight is 466 g/mol. The number of halogens is 3. The van der Waals surface area contributed by atoms with Gasteiger partial charge in [-0.25, -0.2) is 14.6 Å². The minimum Gasteiger partial charge on any atom is -0.393 e. The predicted molar refractivity (Wildman–Crippen MR) is 111 cm³/mol. The molecule has 33 heavy (non-hydrogen) atoms. The number of alkyl halides is 3. The molecule has 4 rings (SSSR count). The van der Waals surface area contributed by atoms with Crippen molar-refractivity contribution in [3.8, 4) is 5.82 Å². The summed E-state index contributed by atoms with van der Waals surface area (Å²) in [4.78, 5) is 32.9. The smallest absolute Gasteiger partial charge is 0.393 e. The van der Waals surface area contributed by atoms with E-state index in [2.05, 4.69) is 20.4 Å². The lowest BCUT2D eigenvalue weighted by atomic mass is 9.75. The SMILES string of the molecule is CC1(C)CC(=O)c2c(C(F)(F)F)nn(-c3cnc(C(N)=O)c(NC4CCC(O)CC4)n3)c2C1. The Morgan fingerprint density at radius 2 is 1.91 bits per heavy atom. The van der Waals surface area contributed by atoms with Crippen LogP contribution in [0.5, 0.6) is 0 Å². The highest BCUT2D eigenvalue weighted by Gasteiger charge is 2.45. The lowest BCUT2D eigenvalue weighted by Crippen LogP contribution is -2.31. The Bertz CT molecular complexity index is 1100. The second-order valence-electron chi connectivity index (χ2n) is 9.46. The van der Waals surface area contributed by atoms with E-state index < -0.39 is 40.6 Å². The molecule has 0 atom stereocenters. The normalized spacial score (nSPS) is 22.7. The molecule has 0 spiro atoms. The van der Waals surface area contributed by atoms with Gasteiger partial charge in [0, 0.05) is 12.5 Å². The van der Waals surface area contributed by atoms with Crippen LogP contribution in [0.4, 0.5) is 19.0 Å². The van der Waals surface area contributed by atoms with Crippen molar-refractivity contribution < 1.29 is 27.9 Å². The zero-order chi connectivity index (χ0) is 24.1. The third kappa shape index (κ3) is 4.56. The van der Waals surface area contributed by atoms with Crippen molar-refractivity contribution in [2.24, 2.45) is 11.1 Å². The van der Waals surface area contributed by atoms with Gasteiger partial charge in [0.1, 0.15) is 0 Å². The van der Waals surface area contributed by atoms with E-state index in [9.17, 15) is 27.9 Å². The van der Waals surface area contributed by atoms with Crippen LogP contribution < -0.4 is 11.1 Å². The van der Waals surface area contributed by atoms with Crippen LogP contribution in [0, 0.1) is 5.41 Å². The van der Waals surface area contributed by atoms with Gasteiger partial charge >= 0.3 is 6.18 Å². The van der Waals surface area contributed by atoms with Crippen molar-refractivity contribution in [2.75, 3.05) is 5.32 Å². The number of primary amides is 1. The molecule has 12 heteroatoms. The largest absolute Gasteiger partial charge is 0.435 e. The summed E-state index contributed by atoms with van der Waals surface area (Å²) in [6.07, 6.45) is -1.58. The number of fused-ring (bicyclic) bond motifs is 1. The zero-order valence-corrected chi connectivity index (χ0v) is 18.2. The van der Waals surface area contributed by atoms with Gasteiger partial charge in [-0.05, 0) is 37.5 Å². The average Bonchev–Trinajstić information content (AvgIpc) is 3.08. The van der Waals surface area contributed by atoms with Crippen molar-refractivity contribution in [3.63, 3.8) is 0 Å². The van der Waals surface area contributed by atoms with E-state index in [4.69, 9.17) is 5.73 Å². The molecular formula is C21H25F3N6O3. The van der Waals surface area contributed by atoms with Crippen LogP contribution in [0.3, 0.4) is 0 Å². The summed E-state index contributed by atoms with van der Waals surface area (Å²) in [7, 11) is 0. The van der Waals surface area contributed by atoms with Crippen molar-refractivity contribution in [2.45, 2.75) is 70.7 Å². The summed E-state index contributed by atoms with van der Waals surface area (Å²) < 4.78 is 42.1. The van der Waals surface area contributed by atoms with Gasteiger partial charge in [0.15, 0.2) is 28.8 Å². The Hall–Kier alpha value is -3.02. The lowest BCUT2D eigenvalue weighted by molar-refractivity contribution is -0.141. The number of rotatable bonds is 4. The van der Waals surface area contributed by atoms with E-state index >= 15 is 0 Å². The molecule has 1 amide bonds. The topological polar surface area (TPSA) is 136 Å². The summed E-state index contributed by atoms with van der Waals surface area (Å²) in [6.45, 7) is 3.59. The number of carbonyl (C=O) groups is 2. The van der Waals surface area contributed by atoms with Crippen molar-refractivity contribution in [1.82, 2.24) is 19.7 Å². The van der Waals surface area contributed by atoms with Gasteiger partial charge < -0.3 is 16.2 Å². The van der Waals surface area contributed by atoms with E-state index in [1.54, 1.807) is 13.8 Å². The van der Waals surface area contributed by atoms with E-state index in [0.717, 1.165) is 10.9 Å². The van der Waals surface area contributed by atoms with Gasteiger partial charge in [0.25, 0.3) is 5.91 Å². The maximum absolute atomic E-state index is 13.7. The Kier molecular flexibility index (Phi) is 5.67. The van der Waals surface area contributed by atoms with Crippen molar-refractivity contribution >= 4 is 17.5 Å². The molecule has 0 unspecified atom stereocenters. The van der Waals surface area contributed by atoms with Crippen LogP contribution in [0.25, 0.3) is 5.82 Å². The number of amides is 1. The first-order valence-corrected chi connectivity index (χ1v) is 10.7. The number of nitrogens with two attached hydrogens (primary N) is 1. The third-order valence-corrected chi connectivity index (χ3v) is 6.06. The third-order valence-electron chi connectivity index (χ3n) is 6.06. The molecule has 0 aliphatic heterocycles. The fraction of sp³-hybridized carbons (Fsp3) is 0.571. The molecule has 2 aromatic heterocycles. The first-order chi connectivity index (χ1) is 15.4. The predicted octanol–water partition coefficient (Wildman–Crippen LogP) is 2.65. The first kappa shape index (κ1) is 23.1. The van der Waals surface area contributed by atoms with Crippen LogP contribution in [0.2, 0.25) is 0 Å². The van der Waals surface area contributed by atoms with Gasteiger partial charge in [-0.1, -0.05) is 13.8 Å². The number of aliphatic hydroxyl groups excluding tert-OH is 1.